The van der Waals surface area contributed by atoms with Gasteiger partial charge in [0.05, 0.1) is 5.69 Å². The lowest BCUT2D eigenvalue weighted by molar-refractivity contribution is 0.369. The van der Waals surface area contributed by atoms with E-state index >= 15 is 0 Å². The molecule has 1 saturated carbocycles. The number of hydrogen-bond donors (Lipinski definition) is 1. The zero-order valence-electron chi connectivity index (χ0n) is 11.0. The van der Waals surface area contributed by atoms with Gasteiger partial charge in [-0.2, -0.15) is 0 Å². The molecule has 0 aromatic carbocycles. The van der Waals surface area contributed by atoms with Crippen LogP contribution in [0.15, 0.2) is 10.8 Å². The molecule has 0 atom stereocenters. The molecule has 1 aliphatic carbocycles. The van der Waals surface area contributed by atoms with E-state index in [1.165, 1.54) is 32.1 Å². The SMILES string of the molecule is CC(C)CNCc1ncoc1C1CCCCC1. The number of nitrogens with zero attached hydrogens (tertiary/aromatic N) is 1. The molecule has 1 heterocycles. The lowest BCUT2D eigenvalue weighted by Gasteiger charge is -2.20. The van der Waals surface area contributed by atoms with Crippen LogP contribution in [0.1, 0.15) is 63.3 Å². The molecule has 1 aromatic rings. The molecule has 1 fully saturated rings. The summed E-state index contributed by atoms with van der Waals surface area (Å²) in [6.45, 7) is 6.33. The Balaban J connectivity index is 1.91. The average molecular weight is 236 g/mol. The average Bonchev–Trinajstić information content (AvgIpc) is 2.78. The molecule has 0 unspecified atom stereocenters. The van der Waals surface area contributed by atoms with Crippen molar-refractivity contribution in [2.24, 2.45) is 5.92 Å². The summed E-state index contributed by atoms with van der Waals surface area (Å²) < 4.78 is 5.61. The summed E-state index contributed by atoms with van der Waals surface area (Å²) in [5, 5.41) is 3.44. The molecule has 0 radical (unpaired) electrons. The molecule has 1 N–H and O–H groups in total. The Bertz CT molecular complexity index is 327. The molecule has 96 valence electrons. The standard InChI is InChI=1S/C14H24N2O/c1-11(2)8-15-9-13-14(17-10-16-13)12-6-4-3-5-7-12/h10-12,15H,3-9H2,1-2H3. The third-order valence-corrected chi connectivity index (χ3v) is 3.49. The summed E-state index contributed by atoms with van der Waals surface area (Å²) >= 11 is 0. The van der Waals surface area contributed by atoms with Crippen molar-refractivity contribution in [1.82, 2.24) is 10.3 Å². The minimum absolute atomic E-state index is 0.613. The largest absolute Gasteiger partial charge is 0.448 e. The molecular weight excluding hydrogens is 212 g/mol. The summed E-state index contributed by atoms with van der Waals surface area (Å²) in [5.74, 6) is 2.43. The molecule has 1 aromatic heterocycles. The maximum Gasteiger partial charge on any atom is 0.181 e. The highest BCUT2D eigenvalue weighted by atomic mass is 16.3. The predicted molar refractivity (Wildman–Crippen MR) is 68.9 cm³/mol. The minimum atomic E-state index is 0.613. The third-order valence-electron chi connectivity index (χ3n) is 3.49. The van der Waals surface area contributed by atoms with E-state index in [4.69, 9.17) is 4.42 Å². The first-order chi connectivity index (χ1) is 8.27. The molecule has 3 nitrogen and oxygen atoms in total. The van der Waals surface area contributed by atoms with Gasteiger partial charge < -0.3 is 9.73 Å². The fraction of sp³-hybridized carbons (Fsp3) is 0.786. The molecule has 0 aliphatic heterocycles. The van der Waals surface area contributed by atoms with Crippen LogP contribution in [0.3, 0.4) is 0 Å². The van der Waals surface area contributed by atoms with E-state index in [2.05, 4.69) is 24.1 Å². The Labute approximate surface area is 104 Å². The highest BCUT2D eigenvalue weighted by Crippen LogP contribution is 2.34. The van der Waals surface area contributed by atoms with Crippen LogP contribution in [0, 0.1) is 5.92 Å². The van der Waals surface area contributed by atoms with Gasteiger partial charge in [0, 0.05) is 12.5 Å². The van der Waals surface area contributed by atoms with Crippen LogP contribution in [-0.4, -0.2) is 11.5 Å². The number of hydrogen-bond acceptors (Lipinski definition) is 3. The first-order valence-electron chi connectivity index (χ1n) is 6.90. The number of oxazole rings is 1. The Hall–Kier alpha value is -0.830. The van der Waals surface area contributed by atoms with E-state index in [1.807, 2.05) is 0 Å². The quantitative estimate of drug-likeness (QED) is 0.850. The smallest absolute Gasteiger partial charge is 0.181 e. The lowest BCUT2D eigenvalue weighted by Crippen LogP contribution is -2.20. The summed E-state index contributed by atoms with van der Waals surface area (Å²) in [6, 6.07) is 0. The Morgan fingerprint density at radius 3 is 2.82 bits per heavy atom. The van der Waals surface area contributed by atoms with Crippen molar-refractivity contribution in [3.05, 3.63) is 17.8 Å². The monoisotopic (exact) mass is 236 g/mol. The van der Waals surface area contributed by atoms with E-state index in [0.29, 0.717) is 11.8 Å². The van der Waals surface area contributed by atoms with Crippen LogP contribution >= 0.6 is 0 Å². The first kappa shape index (κ1) is 12.6. The molecule has 0 bridgehead atoms. The predicted octanol–water partition coefficient (Wildman–Crippen LogP) is 3.47. The zero-order valence-corrected chi connectivity index (χ0v) is 11.0. The number of aromatic nitrogens is 1. The summed E-state index contributed by atoms with van der Waals surface area (Å²) in [7, 11) is 0. The molecule has 1 aliphatic rings. The van der Waals surface area contributed by atoms with Crippen molar-refractivity contribution in [3.8, 4) is 0 Å². The van der Waals surface area contributed by atoms with Crippen LogP contribution in [0.25, 0.3) is 0 Å². The van der Waals surface area contributed by atoms with Crippen LogP contribution in [0.2, 0.25) is 0 Å². The van der Waals surface area contributed by atoms with Gasteiger partial charge in [0.2, 0.25) is 0 Å². The van der Waals surface area contributed by atoms with Crippen molar-refractivity contribution in [2.45, 2.75) is 58.4 Å². The lowest BCUT2D eigenvalue weighted by atomic mass is 9.87. The second kappa shape index (κ2) is 6.20. The van der Waals surface area contributed by atoms with E-state index in [0.717, 1.165) is 24.5 Å². The molecule has 17 heavy (non-hydrogen) atoms. The van der Waals surface area contributed by atoms with Gasteiger partial charge in [-0.05, 0) is 25.3 Å². The van der Waals surface area contributed by atoms with Crippen molar-refractivity contribution in [2.75, 3.05) is 6.54 Å². The van der Waals surface area contributed by atoms with Crippen LogP contribution < -0.4 is 5.32 Å². The zero-order chi connectivity index (χ0) is 12.1. The van der Waals surface area contributed by atoms with E-state index in [9.17, 15) is 0 Å². The normalized spacial score (nSPS) is 17.8. The number of nitrogens with one attached hydrogen (secondary N) is 1. The molecule has 0 spiro atoms. The van der Waals surface area contributed by atoms with Gasteiger partial charge in [-0.3, -0.25) is 0 Å². The molecule has 3 heteroatoms. The topological polar surface area (TPSA) is 38.1 Å². The van der Waals surface area contributed by atoms with E-state index < -0.39 is 0 Å². The molecule has 0 saturated heterocycles. The molecular formula is C14H24N2O. The maximum absolute atomic E-state index is 5.61. The van der Waals surface area contributed by atoms with Gasteiger partial charge in [0.1, 0.15) is 5.76 Å². The van der Waals surface area contributed by atoms with Crippen molar-refractivity contribution in [1.29, 1.82) is 0 Å². The highest BCUT2D eigenvalue weighted by Gasteiger charge is 2.22. The fourth-order valence-electron chi connectivity index (χ4n) is 2.59. The Kier molecular flexibility index (Phi) is 4.60. The van der Waals surface area contributed by atoms with Crippen molar-refractivity contribution < 1.29 is 4.42 Å². The van der Waals surface area contributed by atoms with Crippen molar-refractivity contribution in [3.63, 3.8) is 0 Å². The van der Waals surface area contributed by atoms with E-state index in [1.54, 1.807) is 6.39 Å². The van der Waals surface area contributed by atoms with Gasteiger partial charge in [0.15, 0.2) is 6.39 Å². The third kappa shape index (κ3) is 3.56. The second-order valence-electron chi connectivity index (χ2n) is 5.52. The van der Waals surface area contributed by atoms with Gasteiger partial charge in [-0.15, -0.1) is 0 Å². The summed E-state index contributed by atoms with van der Waals surface area (Å²) in [6.07, 6.45) is 8.20. The maximum atomic E-state index is 5.61. The Morgan fingerprint density at radius 2 is 2.12 bits per heavy atom. The van der Waals surface area contributed by atoms with Crippen LogP contribution in [0.5, 0.6) is 0 Å². The van der Waals surface area contributed by atoms with Gasteiger partial charge in [-0.1, -0.05) is 33.1 Å². The van der Waals surface area contributed by atoms with Crippen LogP contribution in [-0.2, 0) is 6.54 Å². The Morgan fingerprint density at radius 1 is 1.35 bits per heavy atom. The highest BCUT2D eigenvalue weighted by molar-refractivity contribution is 5.13. The van der Waals surface area contributed by atoms with Gasteiger partial charge in [0.25, 0.3) is 0 Å². The second-order valence-corrected chi connectivity index (χ2v) is 5.52. The van der Waals surface area contributed by atoms with E-state index in [-0.39, 0.29) is 0 Å². The van der Waals surface area contributed by atoms with Gasteiger partial charge in [-0.25, -0.2) is 4.98 Å². The first-order valence-corrected chi connectivity index (χ1v) is 6.90. The fourth-order valence-corrected chi connectivity index (χ4v) is 2.59. The molecule has 0 amide bonds. The summed E-state index contributed by atoms with van der Waals surface area (Å²) in [4.78, 5) is 4.36. The van der Waals surface area contributed by atoms with Crippen LogP contribution in [0.4, 0.5) is 0 Å². The molecule has 2 rings (SSSR count). The minimum Gasteiger partial charge on any atom is -0.448 e. The summed E-state index contributed by atoms with van der Waals surface area (Å²) in [5.41, 5.74) is 1.12. The number of rotatable bonds is 5. The van der Waals surface area contributed by atoms with Gasteiger partial charge >= 0.3 is 0 Å². The van der Waals surface area contributed by atoms with Crippen molar-refractivity contribution >= 4 is 0 Å².